The summed E-state index contributed by atoms with van der Waals surface area (Å²) in [5, 5.41) is 2.80. The highest BCUT2D eigenvalue weighted by atomic mass is 19.1. The van der Waals surface area contributed by atoms with Crippen molar-refractivity contribution in [2.45, 2.75) is 12.8 Å². The zero-order valence-corrected chi connectivity index (χ0v) is 13.7. The lowest BCUT2D eigenvalue weighted by atomic mass is 10.2. The molecule has 0 saturated carbocycles. The Balaban J connectivity index is 1.56. The number of halogens is 1. The van der Waals surface area contributed by atoms with E-state index < -0.39 is 0 Å². The number of hydrogen-bond donors (Lipinski definition) is 1. The summed E-state index contributed by atoms with van der Waals surface area (Å²) < 4.78 is 23.7. The largest absolute Gasteiger partial charge is 0.497 e. The van der Waals surface area contributed by atoms with E-state index >= 15 is 0 Å². The summed E-state index contributed by atoms with van der Waals surface area (Å²) in [6.07, 6.45) is 2.18. The first-order chi connectivity index (χ1) is 12.1. The van der Waals surface area contributed by atoms with Gasteiger partial charge < -0.3 is 14.5 Å². The van der Waals surface area contributed by atoms with E-state index in [4.69, 9.17) is 9.15 Å². The second-order valence-corrected chi connectivity index (χ2v) is 5.41. The third-order valence-corrected chi connectivity index (χ3v) is 3.60. The topological polar surface area (TPSA) is 64.4 Å². The number of rotatable bonds is 6. The van der Waals surface area contributed by atoms with E-state index in [-0.39, 0.29) is 18.1 Å². The van der Waals surface area contributed by atoms with Gasteiger partial charge in [0.15, 0.2) is 11.7 Å². The first-order valence-corrected chi connectivity index (χ1v) is 7.78. The number of carbonyl (C=O) groups excluding carboxylic acids is 1. The number of benzene rings is 2. The number of nitrogens with one attached hydrogen (secondary N) is 1. The molecule has 1 amide bonds. The SMILES string of the molecule is COc1cccc(NC(=O)CCc2ncc(-c3ccc(F)cc3)o2)c1. The standard InChI is InChI=1S/C19H17FN2O3/c1-24-16-4-2-3-15(11-16)22-18(23)9-10-19-21-12-17(25-19)13-5-7-14(20)8-6-13/h2-8,11-12H,9-10H2,1H3,(H,22,23). The quantitative estimate of drug-likeness (QED) is 0.735. The van der Waals surface area contributed by atoms with Gasteiger partial charge in [-0.1, -0.05) is 6.07 Å². The molecule has 0 aliphatic rings. The fraction of sp³-hybridized carbons (Fsp3) is 0.158. The van der Waals surface area contributed by atoms with Crippen LogP contribution in [0.5, 0.6) is 5.75 Å². The fourth-order valence-electron chi connectivity index (χ4n) is 2.32. The van der Waals surface area contributed by atoms with Crippen molar-refractivity contribution < 1.29 is 18.3 Å². The van der Waals surface area contributed by atoms with Gasteiger partial charge in [0.1, 0.15) is 11.6 Å². The Labute approximate surface area is 144 Å². The zero-order valence-electron chi connectivity index (χ0n) is 13.7. The van der Waals surface area contributed by atoms with Gasteiger partial charge in [0.2, 0.25) is 5.91 Å². The number of aromatic nitrogens is 1. The molecule has 0 spiro atoms. The Morgan fingerprint density at radius 2 is 2.04 bits per heavy atom. The van der Waals surface area contributed by atoms with Gasteiger partial charge >= 0.3 is 0 Å². The van der Waals surface area contributed by atoms with Crippen LogP contribution >= 0.6 is 0 Å². The number of hydrogen-bond acceptors (Lipinski definition) is 4. The number of anilines is 1. The van der Waals surface area contributed by atoms with E-state index in [0.717, 1.165) is 5.56 Å². The van der Waals surface area contributed by atoms with E-state index in [2.05, 4.69) is 10.3 Å². The molecule has 0 radical (unpaired) electrons. The van der Waals surface area contributed by atoms with Crippen molar-refractivity contribution in [2.24, 2.45) is 0 Å². The highest BCUT2D eigenvalue weighted by Crippen LogP contribution is 2.21. The highest BCUT2D eigenvalue weighted by molar-refractivity contribution is 5.90. The predicted molar refractivity (Wildman–Crippen MR) is 91.8 cm³/mol. The Morgan fingerprint density at radius 3 is 2.80 bits per heavy atom. The number of amides is 1. The summed E-state index contributed by atoms with van der Waals surface area (Å²) in [5.41, 5.74) is 1.41. The van der Waals surface area contributed by atoms with Gasteiger partial charge in [0.25, 0.3) is 0 Å². The molecule has 5 nitrogen and oxygen atoms in total. The van der Waals surface area contributed by atoms with Crippen LogP contribution < -0.4 is 10.1 Å². The second kappa shape index (κ2) is 7.61. The van der Waals surface area contributed by atoms with Crippen molar-refractivity contribution >= 4 is 11.6 Å². The third kappa shape index (κ3) is 4.44. The molecular weight excluding hydrogens is 323 g/mol. The fourth-order valence-corrected chi connectivity index (χ4v) is 2.32. The second-order valence-electron chi connectivity index (χ2n) is 5.41. The Kier molecular flexibility index (Phi) is 5.09. The van der Waals surface area contributed by atoms with E-state index in [1.165, 1.54) is 12.1 Å². The number of oxazole rings is 1. The molecule has 0 atom stereocenters. The number of methoxy groups -OCH3 is 1. The van der Waals surface area contributed by atoms with Crippen LogP contribution in [0.1, 0.15) is 12.3 Å². The van der Waals surface area contributed by atoms with Gasteiger partial charge in [-0.15, -0.1) is 0 Å². The van der Waals surface area contributed by atoms with E-state index in [9.17, 15) is 9.18 Å². The molecule has 3 aromatic rings. The summed E-state index contributed by atoms with van der Waals surface area (Å²) in [6.45, 7) is 0. The van der Waals surface area contributed by atoms with Crippen LogP contribution in [0.3, 0.4) is 0 Å². The Bertz CT molecular complexity index is 859. The van der Waals surface area contributed by atoms with Crippen molar-refractivity contribution in [3.8, 4) is 17.1 Å². The summed E-state index contributed by atoms with van der Waals surface area (Å²) >= 11 is 0. The van der Waals surface area contributed by atoms with Crippen LogP contribution in [0.4, 0.5) is 10.1 Å². The molecule has 128 valence electrons. The van der Waals surface area contributed by atoms with Gasteiger partial charge in [0, 0.05) is 30.2 Å². The monoisotopic (exact) mass is 340 g/mol. The smallest absolute Gasteiger partial charge is 0.224 e. The maximum absolute atomic E-state index is 12.9. The van der Waals surface area contributed by atoms with Crippen LogP contribution in [0.2, 0.25) is 0 Å². The predicted octanol–water partition coefficient (Wildman–Crippen LogP) is 4.06. The normalized spacial score (nSPS) is 10.5. The minimum atomic E-state index is -0.308. The lowest BCUT2D eigenvalue weighted by Crippen LogP contribution is -2.12. The summed E-state index contributed by atoms with van der Waals surface area (Å²) in [5.74, 6) is 1.23. The minimum Gasteiger partial charge on any atom is -0.497 e. The van der Waals surface area contributed by atoms with Crippen molar-refractivity contribution in [1.82, 2.24) is 4.98 Å². The molecule has 0 saturated heterocycles. The molecular formula is C19H17FN2O3. The van der Waals surface area contributed by atoms with Crippen molar-refractivity contribution in [1.29, 1.82) is 0 Å². The number of aryl methyl sites for hydroxylation is 1. The van der Waals surface area contributed by atoms with Crippen LogP contribution in [-0.4, -0.2) is 18.0 Å². The van der Waals surface area contributed by atoms with Gasteiger partial charge in [-0.25, -0.2) is 9.37 Å². The van der Waals surface area contributed by atoms with Crippen LogP contribution in [0.15, 0.2) is 59.1 Å². The lowest BCUT2D eigenvalue weighted by molar-refractivity contribution is -0.116. The van der Waals surface area contributed by atoms with Crippen LogP contribution in [0, 0.1) is 5.82 Å². The van der Waals surface area contributed by atoms with Crippen molar-refractivity contribution in [3.05, 3.63) is 66.4 Å². The van der Waals surface area contributed by atoms with E-state index in [0.29, 0.717) is 29.5 Å². The molecule has 0 aliphatic carbocycles. The summed E-state index contributed by atoms with van der Waals surface area (Å²) in [7, 11) is 1.57. The lowest BCUT2D eigenvalue weighted by Gasteiger charge is -2.06. The van der Waals surface area contributed by atoms with Crippen molar-refractivity contribution in [3.63, 3.8) is 0 Å². The van der Waals surface area contributed by atoms with E-state index in [1.54, 1.807) is 49.7 Å². The minimum absolute atomic E-state index is 0.144. The molecule has 0 bridgehead atoms. The zero-order chi connectivity index (χ0) is 17.6. The summed E-state index contributed by atoms with van der Waals surface area (Å²) in [6, 6.07) is 13.1. The molecule has 2 aromatic carbocycles. The van der Waals surface area contributed by atoms with Gasteiger partial charge in [-0.05, 0) is 36.4 Å². The summed E-state index contributed by atoms with van der Waals surface area (Å²) in [4.78, 5) is 16.2. The van der Waals surface area contributed by atoms with Gasteiger partial charge in [-0.2, -0.15) is 0 Å². The maximum Gasteiger partial charge on any atom is 0.224 e. The van der Waals surface area contributed by atoms with Gasteiger partial charge in [-0.3, -0.25) is 4.79 Å². The molecule has 3 rings (SSSR count). The molecule has 6 heteroatoms. The number of nitrogens with zero attached hydrogens (tertiary/aromatic N) is 1. The number of carbonyl (C=O) groups is 1. The molecule has 0 aliphatic heterocycles. The average molecular weight is 340 g/mol. The van der Waals surface area contributed by atoms with Crippen LogP contribution in [-0.2, 0) is 11.2 Å². The van der Waals surface area contributed by atoms with Gasteiger partial charge in [0.05, 0.1) is 13.3 Å². The van der Waals surface area contributed by atoms with E-state index in [1.807, 2.05) is 0 Å². The van der Waals surface area contributed by atoms with Crippen molar-refractivity contribution in [2.75, 3.05) is 12.4 Å². The maximum atomic E-state index is 12.9. The first-order valence-electron chi connectivity index (χ1n) is 7.78. The molecule has 0 unspecified atom stereocenters. The molecule has 1 N–H and O–H groups in total. The molecule has 1 aromatic heterocycles. The van der Waals surface area contributed by atoms with Crippen LogP contribution in [0.25, 0.3) is 11.3 Å². The Morgan fingerprint density at radius 1 is 1.24 bits per heavy atom. The molecule has 25 heavy (non-hydrogen) atoms. The third-order valence-electron chi connectivity index (χ3n) is 3.60. The highest BCUT2D eigenvalue weighted by Gasteiger charge is 2.10. The molecule has 1 heterocycles. The first kappa shape index (κ1) is 16.7. The molecule has 0 fully saturated rings. The Hall–Kier alpha value is -3.15. The average Bonchev–Trinajstić information content (AvgIpc) is 3.10. The number of ether oxygens (including phenoxy) is 1.